The van der Waals surface area contributed by atoms with Crippen LogP contribution in [0.2, 0.25) is 10.0 Å². The second kappa shape index (κ2) is 63.3. The highest BCUT2D eigenvalue weighted by atomic mass is 35.5. The van der Waals surface area contributed by atoms with Gasteiger partial charge in [0.05, 0.1) is 49.4 Å². The minimum Gasteiger partial charge on any atom is -0.297 e. The van der Waals surface area contributed by atoms with E-state index in [1.54, 1.807) is 23.8 Å². The first kappa shape index (κ1) is 129. The molecule has 54 nitrogen and oxygen atoms in total. The molecule has 138 heavy (non-hydrogen) atoms. The molecule has 76 heteroatoms. The number of nitrogens with one attached hydrogen (secondary N) is 6. The molecule has 0 spiro atoms. The summed E-state index contributed by atoms with van der Waals surface area (Å²) < 4.78 is 295. The van der Waals surface area contributed by atoms with E-state index in [9.17, 15) is 148 Å². The van der Waals surface area contributed by atoms with Crippen LogP contribution >= 0.6 is 165 Å². The zero-order valence-electron chi connectivity index (χ0n) is 74.3. The largest absolute Gasteiger partial charge is 0.513 e. The highest BCUT2D eigenvalue weighted by Gasteiger charge is 2.45. The number of rotatable bonds is 48. The van der Waals surface area contributed by atoms with Crippen molar-refractivity contribution in [3.8, 4) is 0 Å². The maximum absolute atomic E-state index is 13.1. The Morgan fingerprint density at radius 3 is 0.543 bits per heavy atom. The molecule has 0 amide bonds. The van der Waals surface area contributed by atoms with E-state index in [2.05, 4.69) is 9.97 Å². The van der Waals surface area contributed by atoms with Crippen LogP contribution in [0.3, 0.4) is 0 Å². The summed E-state index contributed by atoms with van der Waals surface area (Å²) in [6.45, 7) is 17.5. The second-order valence-corrected chi connectivity index (χ2v) is 54.6. The third-order valence-corrected chi connectivity index (χ3v) is 41.4. The zero-order chi connectivity index (χ0) is 106. The molecule has 0 radical (unpaired) electrons. The van der Waals surface area contributed by atoms with E-state index in [1.165, 1.54) is 174 Å². The molecule has 6 rings (SSSR count). The lowest BCUT2D eigenvalue weighted by Gasteiger charge is -2.03. The summed E-state index contributed by atoms with van der Waals surface area (Å²) in [5.74, 6) is -2.25. The van der Waals surface area contributed by atoms with Gasteiger partial charge in [0, 0.05) is 75.2 Å². The van der Waals surface area contributed by atoms with Gasteiger partial charge in [-0.25, -0.2) is 28.8 Å². The van der Waals surface area contributed by atoms with Gasteiger partial charge in [0.2, 0.25) is 11.6 Å². The van der Waals surface area contributed by atoms with Gasteiger partial charge in [0.1, 0.15) is 10.0 Å². The summed E-state index contributed by atoms with van der Waals surface area (Å²) in [5, 5.41) is -0.303. The fourth-order valence-corrected chi connectivity index (χ4v) is 34.0. The number of hydrogen-bond acceptors (Lipinski definition) is 42. The molecule has 0 bridgehead atoms. The number of aryl methyl sites for hydroxylation is 2. The van der Waals surface area contributed by atoms with Crippen LogP contribution in [0.5, 0.6) is 0 Å². The van der Waals surface area contributed by atoms with Crippen LogP contribution in [-0.2, 0) is 173 Å². The summed E-state index contributed by atoms with van der Waals surface area (Å²) in [5.41, 5.74) is -7.90. The average molecular weight is 2340 g/mol. The third kappa shape index (κ3) is 54.5. The molecule has 0 aliphatic rings. The first-order chi connectivity index (χ1) is 63.8. The summed E-state index contributed by atoms with van der Waals surface area (Å²) in [7, 11) is -49.5. The SMILES string of the molecule is C[P+](=O)OP(=O)(C/C=C/Cn1cc(Cl)c(=O)[nH]c1=O)O[P+](C)=O.C[P+](=O)OP(=O)(C/C=C/Cn1cc(F)c(=O)[nH]c1=O)O[P+](C)=O.C[P+](=O)OP(=O)(C/C=C\Cn1cc(Cl)c(=O)[nH]c1=O)O[P+](C)=O.C[P+](=O)OP(=O)(C/C=C\Cn1cc(F)c(=O)[nH]c1=O)O[P+](C)=O.Cc1cn(C/C=C/CP(=O)(O[P+](C)=O)O[P+](C)=O)c(=O)[nH]c1=O.Cc1cn(C/C=C\CP(=O)(O[P+](C)=O)O[P+](C)=O)c(=O)[nH]c1=O. The van der Waals surface area contributed by atoms with E-state index in [0.717, 1.165) is 43.1 Å². The van der Waals surface area contributed by atoms with E-state index in [1.807, 2.05) is 9.97 Å². The van der Waals surface area contributed by atoms with Gasteiger partial charge >= 0.3 is 176 Å². The van der Waals surface area contributed by atoms with Crippen LogP contribution < -0.4 is 67.5 Å². The van der Waals surface area contributed by atoms with Crippen molar-refractivity contribution >= 4 is 165 Å². The molecule has 0 aromatic carbocycles. The molecule has 0 aliphatic carbocycles. The van der Waals surface area contributed by atoms with Gasteiger partial charge in [0.25, 0.3) is 33.4 Å². The van der Waals surface area contributed by atoms with E-state index < -0.39 is 221 Å². The lowest BCUT2D eigenvalue weighted by Crippen LogP contribution is -2.31. The molecule has 12 unspecified atom stereocenters. The zero-order valence-corrected chi connectivity index (χ0v) is 91.9. The van der Waals surface area contributed by atoms with E-state index in [4.69, 9.17) is 74.9 Å². The minimum atomic E-state index is -3.86. The molecule has 0 saturated carbocycles. The molecule has 0 saturated heterocycles. The lowest BCUT2D eigenvalue weighted by molar-refractivity contribution is 0.394. The van der Waals surface area contributed by atoms with Crippen LogP contribution in [0.15, 0.2) is 168 Å². The minimum absolute atomic E-state index is 0.0336. The smallest absolute Gasteiger partial charge is 0.297 e. The van der Waals surface area contributed by atoms with Crippen molar-refractivity contribution in [2.24, 2.45) is 0 Å². The predicted octanol–water partition coefficient (Wildman–Crippen LogP) is 14.6. The van der Waals surface area contributed by atoms with Gasteiger partial charge in [-0.2, -0.15) is 8.78 Å². The Labute approximate surface area is 798 Å². The molecule has 6 aromatic rings. The second-order valence-electron chi connectivity index (χ2n) is 25.8. The van der Waals surface area contributed by atoms with Crippen molar-refractivity contribution < 1.29 is 143 Å². The normalized spacial score (nSPS) is 15.4. The van der Waals surface area contributed by atoms with E-state index in [0.29, 0.717) is 11.1 Å². The van der Waals surface area contributed by atoms with Crippen LogP contribution in [0.25, 0.3) is 0 Å². The van der Waals surface area contributed by atoms with Gasteiger partial charge < -0.3 is 0 Å². The van der Waals surface area contributed by atoms with Gasteiger partial charge in [-0.3, -0.25) is 113 Å². The van der Waals surface area contributed by atoms with Crippen LogP contribution in [-0.4, -0.2) is 174 Å². The van der Waals surface area contributed by atoms with Crippen molar-refractivity contribution in [2.75, 3.05) is 117 Å². The van der Waals surface area contributed by atoms with Gasteiger partial charge in [-0.1, -0.05) is 148 Å². The van der Waals surface area contributed by atoms with Gasteiger partial charge in [0.15, 0.2) is 80.0 Å². The van der Waals surface area contributed by atoms with Crippen molar-refractivity contribution in [3.05, 3.63) is 268 Å². The number of nitrogens with zero attached hydrogens (tertiary/aromatic N) is 6. The number of allylic oxidation sites excluding steroid dienone is 12. The van der Waals surface area contributed by atoms with E-state index in [-0.39, 0.29) is 86.3 Å². The number of halogens is 4. The Kier molecular flexibility index (Phi) is 59.2. The molecule has 756 valence electrons. The van der Waals surface area contributed by atoms with Crippen LogP contribution in [0, 0.1) is 25.5 Å². The van der Waals surface area contributed by atoms with Crippen molar-refractivity contribution in [1.29, 1.82) is 0 Å². The maximum atomic E-state index is 13.1. The molecular weight excluding hydrogens is 2250 g/mol. The topological polar surface area (TPSA) is 747 Å². The number of H-pyrrole nitrogens is 6. The van der Waals surface area contributed by atoms with Crippen LogP contribution in [0.1, 0.15) is 11.1 Å². The fraction of sp³-hybridized carbons (Fsp3) is 0.419. The summed E-state index contributed by atoms with van der Waals surface area (Å²) in [6, 6.07) is 0. The van der Waals surface area contributed by atoms with Crippen molar-refractivity contribution in [3.63, 3.8) is 0 Å². The standard InChI is InChI=1S/2C11H16N2O7P3.2C10H13ClN2O7P3.2C10H13FN2O7P3/c2*1-9-8-13(11(15)12-10(9)14)6-4-5-7-23(18,19-21(2)16)20-22(3)17;4*1-21(16)19-23(18,20-22(2)17)6-4-3-5-13-7-8(11)9(14)12-10(13)15/h2*4-5,8H,6-7H2,1-3H3;4*3-4,7H,5-6H2,1-2H3/q6*+1/p+6/b5-4+;5-4-;4-3+;4-3-;4-3+;4-3-. The molecule has 6 N–H and O–H groups in total. The summed E-state index contributed by atoms with van der Waals surface area (Å²) in [4.78, 5) is 147. The monoisotopic (exact) mass is 2340 g/mol. The van der Waals surface area contributed by atoms with E-state index >= 15 is 0 Å². The Bertz CT molecular complexity index is 5710. The average Bonchev–Trinajstić information content (AvgIpc) is 0.857. The van der Waals surface area contributed by atoms with Crippen molar-refractivity contribution in [1.82, 2.24) is 57.3 Å². The Hall–Kier alpha value is -6.94. The Morgan fingerprint density at radius 2 is 0.384 bits per heavy atom. The van der Waals surface area contributed by atoms with Gasteiger partial charge in [-0.15, -0.1) is 0 Å². The Balaban J connectivity index is 0.000000828. The van der Waals surface area contributed by atoms with Crippen LogP contribution in [0.4, 0.5) is 8.78 Å². The number of aromatic nitrogens is 12. The summed E-state index contributed by atoms with van der Waals surface area (Å²) in [6.07, 6.45) is 21.5. The number of aromatic amines is 6. The highest BCUT2D eigenvalue weighted by Crippen LogP contribution is 2.64. The Morgan fingerprint density at radius 1 is 0.246 bits per heavy atom. The molecule has 0 fully saturated rings. The molecule has 12 atom stereocenters. The molecule has 0 aliphatic heterocycles. The molecule has 6 aromatic heterocycles. The quantitative estimate of drug-likeness (QED) is 0.0153. The van der Waals surface area contributed by atoms with Crippen molar-refractivity contribution in [2.45, 2.75) is 53.1 Å². The lowest BCUT2D eigenvalue weighted by atomic mass is 10.4. The predicted molar refractivity (Wildman–Crippen MR) is 512 cm³/mol. The maximum Gasteiger partial charge on any atom is 0.513 e. The summed E-state index contributed by atoms with van der Waals surface area (Å²) >= 11 is 11.2. The first-order valence-electron chi connectivity index (χ1n) is 37.1. The van der Waals surface area contributed by atoms with Gasteiger partial charge in [-0.05, 0) is 68.6 Å². The number of hydrogen-bond donors (Lipinski definition) is 6. The molecular formula is C62H90Cl2F2N12O42P18+12. The third-order valence-electron chi connectivity index (χ3n) is 13.9. The fourth-order valence-electron chi connectivity index (χ4n) is 8.92. The highest BCUT2D eigenvalue weighted by molar-refractivity contribution is 7.69. The molecule has 6 heterocycles. The first-order valence-corrected chi connectivity index (χ1v) is 67.7.